The van der Waals surface area contributed by atoms with Crippen LogP contribution in [0.2, 0.25) is 0 Å². The molecule has 0 aliphatic rings. The molecule has 4 nitrogen and oxygen atoms in total. The number of halogens is 1. The minimum absolute atomic E-state index is 0.293. The zero-order valence-corrected chi connectivity index (χ0v) is 10.3. The molecule has 0 N–H and O–H groups in total. The fraction of sp³-hybridized carbons (Fsp3) is 0.857. The summed E-state index contributed by atoms with van der Waals surface area (Å²) < 4.78 is 18.4. The lowest BCUT2D eigenvalue weighted by Gasteiger charge is -2.22. The Balaban J connectivity index is 4.43. The van der Waals surface area contributed by atoms with Gasteiger partial charge in [0.05, 0.1) is 6.61 Å². The monoisotopic (exact) mass is 268 g/mol. The molecule has 76 valence electrons. The third kappa shape index (κ3) is 3.78. The highest BCUT2D eigenvalue weighted by Crippen LogP contribution is 2.48. The second kappa shape index (κ2) is 6.56. The smallest absolute Gasteiger partial charge is 0.306 e. The predicted molar refractivity (Wildman–Crippen MR) is 55.9 cm³/mol. The predicted octanol–water partition coefficient (Wildman–Crippen LogP) is 2.41. The first-order chi connectivity index (χ1) is 6.14. The van der Waals surface area contributed by atoms with Crippen molar-refractivity contribution in [3.63, 3.8) is 0 Å². The standard InChI is InChI=1S/C7H14BrN2O2P/c1-3-10(4-2)13(11,7-9)12-6-5-8/h3-6H2,1-2H3/t13-/m1/s1. The van der Waals surface area contributed by atoms with Crippen molar-refractivity contribution in [3.05, 3.63) is 0 Å². The van der Waals surface area contributed by atoms with Crippen LogP contribution < -0.4 is 0 Å². The number of nitrogens with zero attached hydrogens (tertiary/aromatic N) is 2. The molecule has 0 aromatic carbocycles. The minimum Gasteiger partial charge on any atom is -0.306 e. The van der Waals surface area contributed by atoms with Crippen LogP contribution in [0.1, 0.15) is 13.8 Å². The van der Waals surface area contributed by atoms with E-state index >= 15 is 0 Å². The van der Waals surface area contributed by atoms with E-state index in [1.165, 1.54) is 0 Å². The van der Waals surface area contributed by atoms with E-state index < -0.39 is 7.52 Å². The van der Waals surface area contributed by atoms with Crippen LogP contribution >= 0.6 is 23.4 Å². The summed E-state index contributed by atoms with van der Waals surface area (Å²) in [7, 11) is -3.22. The van der Waals surface area contributed by atoms with Crippen molar-refractivity contribution in [3.8, 4) is 5.81 Å². The minimum atomic E-state index is -3.22. The third-order valence-electron chi connectivity index (χ3n) is 1.57. The first-order valence-corrected chi connectivity index (χ1v) is 6.81. The summed E-state index contributed by atoms with van der Waals surface area (Å²) in [5, 5.41) is 9.33. The van der Waals surface area contributed by atoms with Gasteiger partial charge in [0.2, 0.25) is 0 Å². The molecular weight excluding hydrogens is 255 g/mol. The fourth-order valence-electron chi connectivity index (χ4n) is 0.928. The van der Waals surface area contributed by atoms with Gasteiger partial charge in [0.1, 0.15) is 0 Å². The molecule has 0 heterocycles. The molecule has 6 heteroatoms. The summed E-state index contributed by atoms with van der Waals surface area (Å²) in [6, 6.07) is 0. The highest BCUT2D eigenvalue weighted by atomic mass is 79.9. The van der Waals surface area contributed by atoms with Crippen LogP contribution in [0.5, 0.6) is 0 Å². The van der Waals surface area contributed by atoms with Crippen LogP contribution in [0, 0.1) is 11.1 Å². The zero-order chi connectivity index (χ0) is 10.3. The lowest BCUT2D eigenvalue weighted by Crippen LogP contribution is -2.20. The van der Waals surface area contributed by atoms with Crippen molar-refractivity contribution >= 4 is 23.4 Å². The summed E-state index contributed by atoms with van der Waals surface area (Å²) in [5.41, 5.74) is 0. The molecule has 0 fully saturated rings. The van der Waals surface area contributed by atoms with Gasteiger partial charge in [-0.15, -0.1) is 0 Å². The maximum absolute atomic E-state index is 11.8. The molecule has 13 heavy (non-hydrogen) atoms. The lowest BCUT2D eigenvalue weighted by atomic mass is 10.7. The van der Waals surface area contributed by atoms with E-state index in [1.807, 2.05) is 13.8 Å². The van der Waals surface area contributed by atoms with Gasteiger partial charge >= 0.3 is 7.52 Å². The average molecular weight is 269 g/mol. The van der Waals surface area contributed by atoms with E-state index in [9.17, 15) is 4.57 Å². The van der Waals surface area contributed by atoms with Crippen LogP contribution in [0.15, 0.2) is 0 Å². The molecule has 0 spiro atoms. The highest BCUT2D eigenvalue weighted by Gasteiger charge is 2.29. The highest BCUT2D eigenvalue weighted by molar-refractivity contribution is 9.09. The van der Waals surface area contributed by atoms with Crippen molar-refractivity contribution in [1.29, 1.82) is 5.26 Å². The number of hydrogen-bond acceptors (Lipinski definition) is 3. The van der Waals surface area contributed by atoms with E-state index in [2.05, 4.69) is 15.9 Å². The number of hydrogen-bond donors (Lipinski definition) is 0. The van der Waals surface area contributed by atoms with Crippen LogP contribution in [-0.4, -0.2) is 29.7 Å². The van der Waals surface area contributed by atoms with Crippen molar-refractivity contribution < 1.29 is 9.09 Å². The molecule has 0 aliphatic heterocycles. The topological polar surface area (TPSA) is 53.3 Å². The molecule has 0 rings (SSSR count). The molecular formula is C7H14BrN2O2P. The molecule has 0 unspecified atom stereocenters. The second-order valence-corrected chi connectivity index (χ2v) is 5.14. The van der Waals surface area contributed by atoms with Crippen molar-refractivity contribution in [1.82, 2.24) is 4.67 Å². The number of alkyl halides is 1. The Morgan fingerprint density at radius 2 is 2.08 bits per heavy atom. The maximum atomic E-state index is 11.8. The summed E-state index contributed by atoms with van der Waals surface area (Å²) in [6.45, 7) is 5.12. The van der Waals surface area contributed by atoms with E-state index in [0.717, 1.165) is 0 Å². The molecule has 1 atom stereocenters. The van der Waals surface area contributed by atoms with Gasteiger partial charge in [0.25, 0.3) is 0 Å². The van der Waals surface area contributed by atoms with Gasteiger partial charge in [-0.3, -0.25) is 4.57 Å². The van der Waals surface area contributed by atoms with Gasteiger partial charge in [-0.05, 0) is 0 Å². The Hall–Kier alpha value is 0.120. The Labute approximate surface area is 87.5 Å². The van der Waals surface area contributed by atoms with E-state index in [4.69, 9.17) is 9.79 Å². The Morgan fingerprint density at radius 3 is 2.38 bits per heavy atom. The lowest BCUT2D eigenvalue weighted by molar-refractivity contribution is 0.290. The molecule has 0 saturated heterocycles. The maximum Gasteiger partial charge on any atom is 0.371 e. The SMILES string of the molecule is CCN(CC)[P@@](=O)(C#N)OCCBr. The second-order valence-electron chi connectivity index (χ2n) is 2.28. The Kier molecular flexibility index (Phi) is 6.62. The third-order valence-corrected chi connectivity index (χ3v) is 3.99. The summed E-state index contributed by atoms with van der Waals surface area (Å²) >= 11 is 3.15. The van der Waals surface area contributed by atoms with E-state index in [-0.39, 0.29) is 0 Å². The summed E-state index contributed by atoms with van der Waals surface area (Å²) in [6.07, 6.45) is 0. The van der Waals surface area contributed by atoms with Crippen molar-refractivity contribution in [2.45, 2.75) is 13.8 Å². The summed E-state index contributed by atoms with van der Waals surface area (Å²) in [4.78, 5) is 0. The molecule has 0 aromatic rings. The first kappa shape index (κ1) is 13.1. The van der Waals surface area contributed by atoms with Crippen molar-refractivity contribution in [2.24, 2.45) is 0 Å². The van der Waals surface area contributed by atoms with Gasteiger partial charge in [-0.2, -0.15) is 5.26 Å². The van der Waals surface area contributed by atoms with Crippen LogP contribution in [0.4, 0.5) is 0 Å². The van der Waals surface area contributed by atoms with Crippen LogP contribution in [0.25, 0.3) is 0 Å². The first-order valence-electron chi connectivity index (χ1n) is 4.11. The van der Waals surface area contributed by atoms with Gasteiger partial charge in [0.15, 0.2) is 5.81 Å². The van der Waals surface area contributed by atoms with Gasteiger partial charge < -0.3 is 4.52 Å². The molecule has 0 radical (unpaired) electrons. The van der Waals surface area contributed by atoms with Crippen LogP contribution in [-0.2, 0) is 9.09 Å². The number of rotatable bonds is 6. The Bertz CT molecular complexity index is 225. The molecule has 0 saturated carbocycles. The van der Waals surface area contributed by atoms with E-state index in [1.54, 1.807) is 10.5 Å². The fourth-order valence-corrected chi connectivity index (χ4v) is 2.77. The molecule has 0 bridgehead atoms. The molecule has 0 aliphatic carbocycles. The average Bonchev–Trinajstić information content (AvgIpc) is 2.16. The molecule has 0 amide bonds. The Morgan fingerprint density at radius 1 is 1.54 bits per heavy atom. The quantitative estimate of drug-likeness (QED) is 0.549. The van der Waals surface area contributed by atoms with Crippen LogP contribution in [0.3, 0.4) is 0 Å². The van der Waals surface area contributed by atoms with Crippen molar-refractivity contribution in [2.75, 3.05) is 25.0 Å². The zero-order valence-electron chi connectivity index (χ0n) is 7.86. The van der Waals surface area contributed by atoms with Gasteiger partial charge in [-0.25, -0.2) is 4.67 Å². The normalized spacial score (nSPS) is 15.3. The van der Waals surface area contributed by atoms with E-state index in [0.29, 0.717) is 25.0 Å². The summed E-state index contributed by atoms with van der Waals surface area (Å²) in [5.74, 6) is 1.75. The van der Waals surface area contributed by atoms with Gasteiger partial charge in [-0.1, -0.05) is 29.8 Å². The largest absolute Gasteiger partial charge is 0.371 e. The molecule has 0 aromatic heterocycles. The number of nitriles is 1. The van der Waals surface area contributed by atoms with Gasteiger partial charge in [0, 0.05) is 18.4 Å².